The summed E-state index contributed by atoms with van der Waals surface area (Å²) in [7, 11) is 1.60. The van der Waals surface area contributed by atoms with Crippen LogP contribution in [0.1, 0.15) is 6.92 Å². The largest absolute Gasteiger partial charge is 0.493 e. The van der Waals surface area contributed by atoms with Crippen LogP contribution < -0.4 is 25.8 Å². The first-order chi connectivity index (χ1) is 13.1. The van der Waals surface area contributed by atoms with Crippen molar-refractivity contribution in [1.29, 1.82) is 0 Å². The molecule has 0 aliphatic carbocycles. The van der Waals surface area contributed by atoms with Gasteiger partial charge in [0, 0.05) is 21.9 Å². The van der Waals surface area contributed by atoms with Crippen molar-refractivity contribution < 1.29 is 9.47 Å². The number of benzene rings is 2. The highest BCUT2D eigenvalue weighted by Gasteiger charge is 2.09. The minimum atomic E-state index is 0.433. The summed E-state index contributed by atoms with van der Waals surface area (Å²) in [5, 5.41) is 6.35. The number of nitrogens with two attached hydrogens (primary N) is 1. The Kier molecular flexibility index (Phi) is 5.97. The summed E-state index contributed by atoms with van der Waals surface area (Å²) in [6, 6.07) is 13.3. The summed E-state index contributed by atoms with van der Waals surface area (Å²) in [5.41, 5.74) is 8.09. The molecule has 7 nitrogen and oxygen atoms in total. The maximum absolute atomic E-state index is 6.02. The minimum Gasteiger partial charge on any atom is -0.493 e. The molecule has 0 fully saturated rings. The van der Waals surface area contributed by atoms with E-state index in [4.69, 9.17) is 15.2 Å². The second kappa shape index (κ2) is 8.59. The average molecular weight is 430 g/mol. The summed E-state index contributed by atoms with van der Waals surface area (Å²) in [4.78, 5) is 8.69. The van der Waals surface area contributed by atoms with Crippen molar-refractivity contribution in [3.05, 3.63) is 53.1 Å². The van der Waals surface area contributed by atoms with E-state index in [9.17, 15) is 0 Å². The summed E-state index contributed by atoms with van der Waals surface area (Å²) in [5.74, 6) is 2.23. The molecule has 0 bridgehead atoms. The highest BCUT2D eigenvalue weighted by molar-refractivity contribution is 9.10. The molecule has 8 heteroatoms. The van der Waals surface area contributed by atoms with Crippen molar-refractivity contribution >= 4 is 44.8 Å². The van der Waals surface area contributed by atoms with Gasteiger partial charge in [-0.25, -0.2) is 4.98 Å². The van der Waals surface area contributed by atoms with E-state index in [1.165, 1.54) is 0 Å². The fourth-order valence-electron chi connectivity index (χ4n) is 2.40. The number of anilines is 5. The Morgan fingerprint density at radius 1 is 1.07 bits per heavy atom. The molecule has 0 radical (unpaired) electrons. The third-order valence-corrected chi connectivity index (χ3v) is 4.12. The number of methoxy groups -OCH3 is 1. The predicted molar refractivity (Wildman–Crippen MR) is 111 cm³/mol. The van der Waals surface area contributed by atoms with Gasteiger partial charge < -0.3 is 25.8 Å². The Balaban J connectivity index is 1.82. The zero-order valence-electron chi connectivity index (χ0n) is 15.0. The zero-order chi connectivity index (χ0) is 19.2. The number of aromatic nitrogens is 2. The van der Waals surface area contributed by atoms with Crippen LogP contribution in [0.4, 0.5) is 28.8 Å². The second-order valence-electron chi connectivity index (χ2n) is 5.56. The van der Waals surface area contributed by atoms with Gasteiger partial charge in [-0.05, 0) is 37.3 Å². The Morgan fingerprint density at radius 2 is 1.89 bits per heavy atom. The molecule has 0 aliphatic heterocycles. The van der Waals surface area contributed by atoms with Crippen LogP contribution >= 0.6 is 15.9 Å². The lowest BCUT2D eigenvalue weighted by Crippen LogP contribution is -2.04. The number of rotatable bonds is 7. The van der Waals surface area contributed by atoms with Crippen LogP contribution in [0.3, 0.4) is 0 Å². The Bertz CT molecular complexity index is 936. The molecule has 2 aromatic carbocycles. The molecule has 27 heavy (non-hydrogen) atoms. The van der Waals surface area contributed by atoms with Crippen LogP contribution in [-0.2, 0) is 0 Å². The molecule has 0 amide bonds. The molecular formula is C19H20BrN5O2. The monoisotopic (exact) mass is 429 g/mol. The molecule has 0 atom stereocenters. The minimum absolute atomic E-state index is 0.433. The zero-order valence-corrected chi connectivity index (χ0v) is 16.6. The third kappa shape index (κ3) is 4.79. The van der Waals surface area contributed by atoms with Gasteiger partial charge in [-0.3, -0.25) is 0 Å². The number of hydrogen-bond donors (Lipinski definition) is 3. The SMILES string of the molecule is CCOc1ccc(Nc2nc(Nc3cccc(Br)c3)ncc2N)cc1OC. The van der Waals surface area contributed by atoms with E-state index in [1.54, 1.807) is 13.3 Å². The molecule has 0 aliphatic rings. The molecule has 140 valence electrons. The first kappa shape index (κ1) is 18.8. The number of nitrogens with one attached hydrogen (secondary N) is 2. The Morgan fingerprint density at radius 3 is 2.63 bits per heavy atom. The van der Waals surface area contributed by atoms with Crippen molar-refractivity contribution in [3.8, 4) is 11.5 Å². The molecule has 1 aromatic heterocycles. The quantitative estimate of drug-likeness (QED) is 0.500. The van der Waals surface area contributed by atoms with Gasteiger partial charge >= 0.3 is 0 Å². The van der Waals surface area contributed by atoms with Gasteiger partial charge in [-0.2, -0.15) is 4.98 Å². The van der Waals surface area contributed by atoms with Gasteiger partial charge in [0.2, 0.25) is 5.95 Å². The number of halogens is 1. The van der Waals surface area contributed by atoms with Gasteiger partial charge in [0.25, 0.3) is 0 Å². The lowest BCUT2D eigenvalue weighted by molar-refractivity contribution is 0.311. The average Bonchev–Trinajstić information content (AvgIpc) is 2.66. The van der Waals surface area contributed by atoms with E-state index < -0.39 is 0 Å². The van der Waals surface area contributed by atoms with Crippen LogP contribution in [-0.4, -0.2) is 23.7 Å². The van der Waals surface area contributed by atoms with Crippen molar-refractivity contribution in [3.63, 3.8) is 0 Å². The molecule has 0 saturated carbocycles. The van der Waals surface area contributed by atoms with Gasteiger partial charge in [0.05, 0.1) is 25.6 Å². The molecule has 0 spiro atoms. The van der Waals surface area contributed by atoms with Crippen LogP contribution in [0.15, 0.2) is 53.1 Å². The van der Waals surface area contributed by atoms with Gasteiger partial charge in [-0.1, -0.05) is 22.0 Å². The van der Waals surface area contributed by atoms with Crippen molar-refractivity contribution in [1.82, 2.24) is 9.97 Å². The molecular weight excluding hydrogens is 410 g/mol. The number of nitrogens with zero attached hydrogens (tertiary/aromatic N) is 2. The van der Waals surface area contributed by atoms with E-state index in [0.29, 0.717) is 35.6 Å². The molecule has 0 unspecified atom stereocenters. The number of hydrogen-bond acceptors (Lipinski definition) is 7. The maximum Gasteiger partial charge on any atom is 0.229 e. The van der Waals surface area contributed by atoms with Gasteiger partial charge in [-0.15, -0.1) is 0 Å². The molecule has 0 saturated heterocycles. The Labute approximate surface area is 166 Å². The third-order valence-electron chi connectivity index (χ3n) is 3.62. The van der Waals surface area contributed by atoms with Crippen molar-refractivity contribution in [2.24, 2.45) is 0 Å². The number of nitrogen functional groups attached to an aromatic ring is 1. The highest BCUT2D eigenvalue weighted by Crippen LogP contribution is 2.32. The van der Waals surface area contributed by atoms with E-state index in [-0.39, 0.29) is 0 Å². The molecule has 3 aromatic rings. The van der Waals surface area contributed by atoms with Crippen LogP contribution in [0, 0.1) is 0 Å². The smallest absolute Gasteiger partial charge is 0.229 e. The van der Waals surface area contributed by atoms with E-state index >= 15 is 0 Å². The summed E-state index contributed by atoms with van der Waals surface area (Å²) < 4.78 is 11.9. The topological polar surface area (TPSA) is 94.3 Å². The first-order valence-corrected chi connectivity index (χ1v) is 9.11. The van der Waals surface area contributed by atoms with E-state index in [0.717, 1.165) is 15.8 Å². The maximum atomic E-state index is 6.02. The highest BCUT2D eigenvalue weighted by atomic mass is 79.9. The van der Waals surface area contributed by atoms with Gasteiger partial charge in [0.15, 0.2) is 17.3 Å². The van der Waals surface area contributed by atoms with Gasteiger partial charge in [0.1, 0.15) is 0 Å². The molecule has 4 N–H and O–H groups in total. The van der Waals surface area contributed by atoms with Crippen LogP contribution in [0.5, 0.6) is 11.5 Å². The molecule has 1 heterocycles. The van der Waals surface area contributed by atoms with E-state index in [1.807, 2.05) is 49.4 Å². The predicted octanol–water partition coefficient (Wildman–Crippen LogP) is 4.72. The lowest BCUT2D eigenvalue weighted by atomic mass is 10.2. The summed E-state index contributed by atoms with van der Waals surface area (Å²) in [6.45, 7) is 2.49. The fourth-order valence-corrected chi connectivity index (χ4v) is 2.80. The summed E-state index contributed by atoms with van der Waals surface area (Å²) in [6.07, 6.45) is 1.56. The fraction of sp³-hybridized carbons (Fsp3) is 0.158. The molecule has 3 rings (SSSR count). The number of ether oxygens (including phenoxy) is 2. The van der Waals surface area contributed by atoms with Crippen molar-refractivity contribution in [2.45, 2.75) is 6.92 Å². The Hall–Kier alpha value is -3.00. The van der Waals surface area contributed by atoms with Crippen molar-refractivity contribution in [2.75, 3.05) is 30.1 Å². The van der Waals surface area contributed by atoms with Crippen LogP contribution in [0.25, 0.3) is 0 Å². The summed E-state index contributed by atoms with van der Waals surface area (Å²) >= 11 is 3.44. The normalized spacial score (nSPS) is 10.3. The first-order valence-electron chi connectivity index (χ1n) is 8.32. The second-order valence-corrected chi connectivity index (χ2v) is 6.47. The van der Waals surface area contributed by atoms with E-state index in [2.05, 4.69) is 36.5 Å². The lowest BCUT2D eigenvalue weighted by Gasteiger charge is -2.13. The van der Waals surface area contributed by atoms with Crippen LogP contribution in [0.2, 0.25) is 0 Å². The standard InChI is InChI=1S/C19H20BrN5O2/c1-3-27-16-8-7-14(10-17(16)26-2)23-18-15(21)11-22-19(25-18)24-13-6-4-5-12(20)9-13/h4-11H,3,21H2,1-2H3,(H2,22,23,24,25).